The molecule has 2 heterocycles. The Morgan fingerprint density at radius 1 is 1.43 bits per heavy atom. The number of hydrogen-bond acceptors (Lipinski definition) is 4. The summed E-state index contributed by atoms with van der Waals surface area (Å²) in [5.41, 5.74) is 1.19. The summed E-state index contributed by atoms with van der Waals surface area (Å²) in [6.07, 6.45) is 1.19. The first kappa shape index (κ1) is 14.3. The van der Waals surface area contributed by atoms with Crippen molar-refractivity contribution in [3.8, 4) is 5.75 Å². The second-order valence-electron chi connectivity index (χ2n) is 5.21. The Morgan fingerprint density at radius 3 is 3.05 bits per heavy atom. The highest BCUT2D eigenvalue weighted by atomic mass is 32.2. The Morgan fingerprint density at radius 2 is 2.29 bits per heavy atom. The van der Waals surface area contributed by atoms with Gasteiger partial charge in [0.05, 0.1) is 6.54 Å². The number of amides is 2. The summed E-state index contributed by atoms with van der Waals surface area (Å²) in [5, 5.41) is 2.97. The largest absolute Gasteiger partial charge is 0.488 e. The Hall–Kier alpha value is -1.69. The van der Waals surface area contributed by atoms with Gasteiger partial charge in [0.1, 0.15) is 11.9 Å². The van der Waals surface area contributed by atoms with E-state index in [-0.39, 0.29) is 17.3 Å². The van der Waals surface area contributed by atoms with E-state index in [9.17, 15) is 9.59 Å². The monoisotopic (exact) mass is 306 g/mol. The van der Waals surface area contributed by atoms with Crippen molar-refractivity contribution in [2.24, 2.45) is 0 Å². The highest BCUT2D eigenvalue weighted by Crippen LogP contribution is 2.27. The highest BCUT2D eigenvalue weighted by molar-refractivity contribution is 8.13. The van der Waals surface area contributed by atoms with Crippen LogP contribution < -0.4 is 10.1 Å². The number of hydrogen-bond donors (Lipinski definition) is 1. The molecule has 0 radical (unpaired) electrons. The standard InChI is InChI=1S/C15H18N2O3S/c18-14(5-6-17-7-8-21-15(17)19)16-10-12-9-11-3-1-2-4-13(11)20-12/h1-4,12H,5-10H2,(H,16,18). The van der Waals surface area contributed by atoms with Gasteiger partial charge in [-0.2, -0.15) is 0 Å². The molecule has 6 heteroatoms. The summed E-state index contributed by atoms with van der Waals surface area (Å²) in [6.45, 7) is 1.76. The van der Waals surface area contributed by atoms with Crippen LogP contribution in [0.25, 0.3) is 0 Å². The van der Waals surface area contributed by atoms with E-state index in [2.05, 4.69) is 5.32 Å². The second-order valence-corrected chi connectivity index (χ2v) is 6.25. The lowest BCUT2D eigenvalue weighted by atomic mass is 10.1. The zero-order valence-electron chi connectivity index (χ0n) is 11.7. The summed E-state index contributed by atoms with van der Waals surface area (Å²) in [4.78, 5) is 25.0. The molecule has 1 fully saturated rings. The summed E-state index contributed by atoms with van der Waals surface area (Å²) in [6, 6.07) is 7.95. The van der Waals surface area contributed by atoms with Gasteiger partial charge in [-0.05, 0) is 11.6 Å². The van der Waals surface area contributed by atoms with Gasteiger partial charge < -0.3 is 15.0 Å². The molecule has 1 unspecified atom stereocenters. The second kappa shape index (κ2) is 6.39. The van der Waals surface area contributed by atoms with Crippen molar-refractivity contribution >= 4 is 22.9 Å². The van der Waals surface area contributed by atoms with Gasteiger partial charge >= 0.3 is 0 Å². The third-order valence-electron chi connectivity index (χ3n) is 3.69. The Kier molecular flexibility index (Phi) is 4.34. The first-order valence-electron chi connectivity index (χ1n) is 7.15. The minimum Gasteiger partial charge on any atom is -0.488 e. The fourth-order valence-electron chi connectivity index (χ4n) is 2.55. The van der Waals surface area contributed by atoms with Crippen LogP contribution in [-0.4, -0.2) is 47.5 Å². The molecule has 2 aliphatic rings. The minimum absolute atomic E-state index is 0.00956. The molecule has 0 aliphatic carbocycles. The van der Waals surface area contributed by atoms with Crippen molar-refractivity contribution in [3.63, 3.8) is 0 Å². The molecule has 0 aromatic heterocycles. The predicted octanol–water partition coefficient (Wildman–Crippen LogP) is 1.67. The number of benzene rings is 1. The molecule has 1 atom stereocenters. The molecule has 2 amide bonds. The maximum absolute atomic E-state index is 11.8. The van der Waals surface area contributed by atoms with E-state index in [4.69, 9.17) is 4.74 Å². The average Bonchev–Trinajstić information content (AvgIpc) is 3.08. The van der Waals surface area contributed by atoms with Crippen LogP contribution in [-0.2, 0) is 11.2 Å². The zero-order valence-corrected chi connectivity index (χ0v) is 12.5. The van der Waals surface area contributed by atoms with Gasteiger partial charge in [-0.3, -0.25) is 9.59 Å². The Bertz CT molecular complexity index is 524. The predicted molar refractivity (Wildman–Crippen MR) is 81.6 cm³/mol. The molecule has 0 spiro atoms. The highest BCUT2D eigenvalue weighted by Gasteiger charge is 2.24. The van der Waals surface area contributed by atoms with Crippen molar-refractivity contribution in [1.29, 1.82) is 0 Å². The molecule has 1 aromatic carbocycles. The van der Waals surface area contributed by atoms with Crippen LogP contribution in [0.15, 0.2) is 24.3 Å². The minimum atomic E-state index is -0.0285. The molecule has 1 N–H and O–H groups in total. The van der Waals surface area contributed by atoms with E-state index >= 15 is 0 Å². The maximum Gasteiger partial charge on any atom is 0.281 e. The van der Waals surface area contributed by atoms with Crippen LogP contribution >= 0.6 is 11.8 Å². The maximum atomic E-state index is 11.8. The number of para-hydroxylation sites is 1. The van der Waals surface area contributed by atoms with Crippen LogP contribution in [0, 0.1) is 0 Å². The van der Waals surface area contributed by atoms with Crippen LogP contribution in [0.3, 0.4) is 0 Å². The smallest absolute Gasteiger partial charge is 0.281 e. The summed E-state index contributed by atoms with van der Waals surface area (Å²) >= 11 is 1.32. The molecule has 1 aromatic rings. The molecular weight excluding hydrogens is 288 g/mol. The van der Waals surface area contributed by atoms with Crippen molar-refractivity contribution in [2.75, 3.05) is 25.4 Å². The molecule has 5 nitrogen and oxygen atoms in total. The zero-order chi connectivity index (χ0) is 14.7. The third-order valence-corrected chi connectivity index (χ3v) is 4.59. The lowest BCUT2D eigenvalue weighted by Crippen LogP contribution is -2.36. The SMILES string of the molecule is O=C(CCN1CCSC1=O)NCC1Cc2ccccc2O1. The Balaban J connectivity index is 1.38. The summed E-state index contributed by atoms with van der Waals surface area (Å²) in [5.74, 6) is 1.71. The van der Waals surface area contributed by atoms with E-state index in [0.29, 0.717) is 19.5 Å². The topological polar surface area (TPSA) is 58.6 Å². The number of fused-ring (bicyclic) bond motifs is 1. The van der Waals surface area contributed by atoms with Crippen LogP contribution in [0.5, 0.6) is 5.75 Å². The molecule has 112 valence electrons. The lowest BCUT2D eigenvalue weighted by molar-refractivity contribution is -0.121. The molecular formula is C15H18N2O3S. The average molecular weight is 306 g/mol. The van der Waals surface area contributed by atoms with Gasteiger partial charge in [-0.25, -0.2) is 0 Å². The van der Waals surface area contributed by atoms with E-state index in [1.54, 1.807) is 4.90 Å². The fourth-order valence-corrected chi connectivity index (χ4v) is 3.40. The number of carbonyl (C=O) groups is 2. The number of ether oxygens (including phenoxy) is 1. The van der Waals surface area contributed by atoms with Crippen molar-refractivity contribution in [1.82, 2.24) is 10.2 Å². The Labute approximate surface area is 128 Å². The van der Waals surface area contributed by atoms with Crippen molar-refractivity contribution in [3.05, 3.63) is 29.8 Å². The number of carbonyl (C=O) groups excluding carboxylic acids is 2. The number of nitrogens with one attached hydrogen (secondary N) is 1. The van der Waals surface area contributed by atoms with Gasteiger partial charge in [0.25, 0.3) is 5.24 Å². The number of rotatable bonds is 5. The van der Waals surface area contributed by atoms with Gasteiger partial charge in [-0.15, -0.1) is 0 Å². The third kappa shape index (κ3) is 3.50. The van der Waals surface area contributed by atoms with Crippen LogP contribution in [0.1, 0.15) is 12.0 Å². The first-order chi connectivity index (χ1) is 10.2. The lowest BCUT2D eigenvalue weighted by Gasteiger charge is -2.15. The van der Waals surface area contributed by atoms with E-state index in [1.807, 2.05) is 24.3 Å². The molecule has 2 aliphatic heterocycles. The summed E-state index contributed by atoms with van der Waals surface area (Å²) < 4.78 is 5.77. The van der Waals surface area contributed by atoms with Gasteiger partial charge in [0.2, 0.25) is 5.91 Å². The molecule has 1 saturated heterocycles. The quantitative estimate of drug-likeness (QED) is 0.899. The van der Waals surface area contributed by atoms with Crippen molar-refractivity contribution < 1.29 is 14.3 Å². The van der Waals surface area contributed by atoms with Gasteiger partial charge in [0, 0.05) is 31.7 Å². The van der Waals surface area contributed by atoms with E-state index in [1.165, 1.54) is 17.3 Å². The molecule has 0 bridgehead atoms. The van der Waals surface area contributed by atoms with Crippen LogP contribution in [0.4, 0.5) is 4.79 Å². The van der Waals surface area contributed by atoms with Gasteiger partial charge in [-0.1, -0.05) is 30.0 Å². The summed E-state index contributed by atoms with van der Waals surface area (Å²) in [7, 11) is 0. The van der Waals surface area contributed by atoms with Crippen molar-refractivity contribution in [2.45, 2.75) is 18.9 Å². The fraction of sp³-hybridized carbons (Fsp3) is 0.467. The number of nitrogens with zero attached hydrogens (tertiary/aromatic N) is 1. The van der Waals surface area contributed by atoms with Crippen LogP contribution in [0.2, 0.25) is 0 Å². The molecule has 21 heavy (non-hydrogen) atoms. The van der Waals surface area contributed by atoms with E-state index < -0.39 is 0 Å². The number of thioether (sulfide) groups is 1. The molecule has 3 rings (SSSR count). The first-order valence-corrected chi connectivity index (χ1v) is 8.14. The van der Waals surface area contributed by atoms with Gasteiger partial charge in [0.15, 0.2) is 0 Å². The normalized spacial score (nSPS) is 20.3. The molecule has 0 saturated carbocycles. The van der Waals surface area contributed by atoms with E-state index in [0.717, 1.165) is 24.5 Å².